The molecule has 1 heterocycles. The molecule has 0 unspecified atom stereocenters. The van der Waals surface area contributed by atoms with Gasteiger partial charge in [0, 0.05) is 19.6 Å². The second-order valence-corrected chi connectivity index (χ2v) is 7.98. The van der Waals surface area contributed by atoms with Crippen LogP contribution in [0.5, 0.6) is 5.75 Å². The average Bonchev–Trinajstić information content (AvgIpc) is 2.72. The lowest BCUT2D eigenvalue weighted by Gasteiger charge is -2.43. The molecule has 3 rings (SSSR count). The van der Waals surface area contributed by atoms with Gasteiger partial charge in [0.05, 0.1) is 12.7 Å². The Kier molecular flexibility index (Phi) is 7.29. The van der Waals surface area contributed by atoms with Crippen molar-refractivity contribution >= 4 is 5.97 Å². The molecule has 156 valence electrons. The molecule has 1 saturated heterocycles. The van der Waals surface area contributed by atoms with Crippen molar-refractivity contribution in [2.45, 2.75) is 45.3 Å². The van der Waals surface area contributed by atoms with Gasteiger partial charge in [-0.2, -0.15) is 0 Å². The summed E-state index contributed by atoms with van der Waals surface area (Å²) in [5.41, 5.74) is 0.857. The molecule has 0 radical (unpaired) electrons. The molecule has 1 aliphatic heterocycles. The van der Waals surface area contributed by atoms with E-state index >= 15 is 0 Å². The Hall–Kier alpha value is -2.37. The molecule has 5 heteroatoms. The highest BCUT2D eigenvalue weighted by molar-refractivity contribution is 5.76. The smallest absolute Gasteiger partial charge is 0.313 e. The van der Waals surface area contributed by atoms with E-state index in [1.54, 1.807) is 0 Å². The van der Waals surface area contributed by atoms with Gasteiger partial charge in [0.25, 0.3) is 0 Å². The number of aliphatic hydroxyl groups excluding tert-OH is 1. The van der Waals surface area contributed by atoms with Crippen molar-refractivity contribution in [2.75, 3.05) is 19.7 Å². The number of carbonyl (C=O) groups is 1. The van der Waals surface area contributed by atoms with Gasteiger partial charge >= 0.3 is 5.97 Å². The van der Waals surface area contributed by atoms with E-state index in [-0.39, 0.29) is 0 Å². The van der Waals surface area contributed by atoms with Gasteiger partial charge in [-0.1, -0.05) is 55.8 Å². The minimum Gasteiger partial charge on any atom is -0.494 e. The summed E-state index contributed by atoms with van der Waals surface area (Å²) in [6.45, 7) is 4.52. The Balaban J connectivity index is 1.68. The maximum absolute atomic E-state index is 12.3. The summed E-state index contributed by atoms with van der Waals surface area (Å²) in [7, 11) is 0. The lowest BCUT2D eigenvalue weighted by molar-refractivity contribution is -0.163. The average molecular weight is 398 g/mol. The quantitative estimate of drug-likeness (QED) is 0.631. The summed E-state index contributed by atoms with van der Waals surface area (Å²) >= 11 is 0. The molecule has 5 nitrogen and oxygen atoms in total. The third-order valence-corrected chi connectivity index (χ3v) is 5.75. The standard InChI is InChI=1S/C24H31NO4/c1-2-3-15-29-21-11-9-20(10-12-21)17-25-14-13-22(26)24(18-25,23(27)28)16-19-7-5-4-6-8-19/h4-12,22,26H,2-3,13-18H2,1H3,(H,27,28)/t22-,24+/m0/s1. The van der Waals surface area contributed by atoms with Crippen LogP contribution in [0.25, 0.3) is 0 Å². The van der Waals surface area contributed by atoms with Crippen LogP contribution in [0.2, 0.25) is 0 Å². The summed E-state index contributed by atoms with van der Waals surface area (Å²) in [4.78, 5) is 14.4. The molecular weight excluding hydrogens is 366 g/mol. The number of carboxylic acids is 1. The molecule has 0 bridgehead atoms. The van der Waals surface area contributed by atoms with Crippen LogP contribution in [0.3, 0.4) is 0 Å². The number of hydrogen-bond acceptors (Lipinski definition) is 4. The normalized spacial score (nSPS) is 22.3. The van der Waals surface area contributed by atoms with E-state index in [1.807, 2.05) is 54.6 Å². The molecule has 1 fully saturated rings. The van der Waals surface area contributed by atoms with E-state index in [0.717, 1.165) is 36.3 Å². The number of benzene rings is 2. The molecule has 2 atom stereocenters. The Morgan fingerprint density at radius 2 is 1.86 bits per heavy atom. The molecule has 2 aromatic carbocycles. The Morgan fingerprint density at radius 1 is 1.14 bits per heavy atom. The maximum atomic E-state index is 12.3. The van der Waals surface area contributed by atoms with Crippen LogP contribution in [0, 0.1) is 5.41 Å². The number of unbranched alkanes of at least 4 members (excludes halogenated alkanes) is 1. The van der Waals surface area contributed by atoms with Crippen molar-refractivity contribution in [3.8, 4) is 5.75 Å². The number of nitrogens with zero attached hydrogens (tertiary/aromatic N) is 1. The van der Waals surface area contributed by atoms with E-state index in [4.69, 9.17) is 4.74 Å². The summed E-state index contributed by atoms with van der Waals surface area (Å²) in [5, 5.41) is 20.7. The SMILES string of the molecule is CCCCOc1ccc(CN2CC[C@H](O)[C@](Cc3ccccc3)(C(=O)O)C2)cc1. The molecule has 0 amide bonds. The first-order chi connectivity index (χ1) is 14.0. The van der Waals surface area contributed by atoms with Crippen molar-refractivity contribution < 1.29 is 19.7 Å². The first kappa shape index (κ1) is 21.3. The number of carboxylic acid groups (broad SMARTS) is 1. The number of piperidine rings is 1. The Bertz CT molecular complexity index is 777. The van der Waals surface area contributed by atoms with Crippen molar-refractivity contribution in [3.05, 3.63) is 65.7 Å². The second-order valence-electron chi connectivity index (χ2n) is 7.98. The number of hydrogen-bond donors (Lipinski definition) is 2. The van der Waals surface area contributed by atoms with Gasteiger partial charge in [-0.25, -0.2) is 0 Å². The van der Waals surface area contributed by atoms with Crippen LogP contribution in [0.15, 0.2) is 54.6 Å². The van der Waals surface area contributed by atoms with Crippen molar-refractivity contribution in [1.82, 2.24) is 4.90 Å². The highest BCUT2D eigenvalue weighted by Gasteiger charge is 2.49. The minimum absolute atomic E-state index is 0.324. The molecule has 2 aromatic rings. The van der Waals surface area contributed by atoms with Gasteiger partial charge in [0.15, 0.2) is 0 Å². The highest BCUT2D eigenvalue weighted by Crippen LogP contribution is 2.35. The zero-order chi connectivity index (χ0) is 20.7. The first-order valence-corrected chi connectivity index (χ1v) is 10.4. The molecule has 0 spiro atoms. The number of rotatable bonds is 9. The summed E-state index contributed by atoms with van der Waals surface area (Å²) < 4.78 is 5.71. The fourth-order valence-electron chi connectivity index (χ4n) is 4.00. The zero-order valence-electron chi connectivity index (χ0n) is 17.1. The summed E-state index contributed by atoms with van der Waals surface area (Å²) in [5.74, 6) is -0.0709. The number of aliphatic hydroxyl groups is 1. The van der Waals surface area contributed by atoms with Gasteiger partial charge in [0.2, 0.25) is 0 Å². The van der Waals surface area contributed by atoms with E-state index in [2.05, 4.69) is 11.8 Å². The van der Waals surface area contributed by atoms with Gasteiger partial charge in [-0.3, -0.25) is 9.69 Å². The van der Waals surface area contributed by atoms with E-state index < -0.39 is 17.5 Å². The number of aliphatic carboxylic acids is 1. The maximum Gasteiger partial charge on any atom is 0.313 e. The van der Waals surface area contributed by atoms with Crippen LogP contribution >= 0.6 is 0 Å². The van der Waals surface area contributed by atoms with Crippen molar-refractivity contribution in [2.24, 2.45) is 5.41 Å². The van der Waals surface area contributed by atoms with Gasteiger partial charge in [0.1, 0.15) is 11.2 Å². The molecule has 0 aliphatic carbocycles. The van der Waals surface area contributed by atoms with Gasteiger partial charge in [-0.15, -0.1) is 0 Å². The third kappa shape index (κ3) is 5.37. The molecule has 29 heavy (non-hydrogen) atoms. The van der Waals surface area contributed by atoms with E-state index in [9.17, 15) is 15.0 Å². The predicted molar refractivity (Wildman–Crippen MR) is 113 cm³/mol. The molecule has 2 N–H and O–H groups in total. The first-order valence-electron chi connectivity index (χ1n) is 10.4. The van der Waals surface area contributed by atoms with Gasteiger partial charge < -0.3 is 14.9 Å². The lowest BCUT2D eigenvalue weighted by Crippen LogP contribution is -2.56. The Labute approximate surface area is 172 Å². The second kappa shape index (κ2) is 9.90. The molecule has 1 aliphatic rings. The van der Waals surface area contributed by atoms with Crippen LogP contribution in [0.4, 0.5) is 0 Å². The molecule has 0 saturated carbocycles. The van der Waals surface area contributed by atoms with Crippen molar-refractivity contribution in [1.29, 1.82) is 0 Å². The Morgan fingerprint density at radius 3 is 2.52 bits per heavy atom. The lowest BCUT2D eigenvalue weighted by atomic mass is 9.72. The molecular formula is C24H31NO4. The van der Waals surface area contributed by atoms with Crippen LogP contribution in [0.1, 0.15) is 37.3 Å². The minimum atomic E-state index is -1.19. The van der Waals surface area contributed by atoms with Crippen LogP contribution in [-0.4, -0.2) is 46.9 Å². The van der Waals surface area contributed by atoms with E-state index in [1.165, 1.54) is 0 Å². The monoisotopic (exact) mass is 397 g/mol. The summed E-state index contributed by atoms with van der Waals surface area (Å²) in [6.07, 6.45) is 2.07. The highest BCUT2D eigenvalue weighted by atomic mass is 16.5. The topological polar surface area (TPSA) is 70.0 Å². The van der Waals surface area contributed by atoms with Gasteiger partial charge in [-0.05, 0) is 42.5 Å². The summed E-state index contributed by atoms with van der Waals surface area (Å²) in [6, 6.07) is 17.6. The van der Waals surface area contributed by atoms with E-state index in [0.29, 0.717) is 32.5 Å². The van der Waals surface area contributed by atoms with Crippen LogP contribution < -0.4 is 4.74 Å². The van der Waals surface area contributed by atoms with Crippen molar-refractivity contribution in [3.63, 3.8) is 0 Å². The number of likely N-dealkylation sites (tertiary alicyclic amines) is 1. The fraction of sp³-hybridized carbons (Fsp3) is 0.458. The number of ether oxygens (including phenoxy) is 1. The predicted octanol–water partition coefficient (Wildman–Crippen LogP) is 3.75. The fourth-order valence-corrected chi connectivity index (χ4v) is 4.00. The zero-order valence-corrected chi connectivity index (χ0v) is 17.1. The largest absolute Gasteiger partial charge is 0.494 e. The molecule has 0 aromatic heterocycles. The third-order valence-electron chi connectivity index (χ3n) is 5.75. The van der Waals surface area contributed by atoms with Crippen LogP contribution in [-0.2, 0) is 17.8 Å².